The fourth-order valence-electron chi connectivity index (χ4n) is 1.45. The maximum Gasteiger partial charge on any atom is 0.248 e. The summed E-state index contributed by atoms with van der Waals surface area (Å²) in [5.74, 6) is -0.257. The molecule has 0 spiro atoms. The van der Waals surface area contributed by atoms with Gasteiger partial charge in [-0.1, -0.05) is 0 Å². The number of halogens is 2. The summed E-state index contributed by atoms with van der Waals surface area (Å²) in [6, 6.07) is 8.89. The molecule has 0 aliphatic rings. The Morgan fingerprint density at radius 3 is 2.42 bits per heavy atom. The molecule has 4 nitrogen and oxygen atoms in total. The summed E-state index contributed by atoms with van der Waals surface area (Å²) in [4.78, 5) is 10.9. The van der Waals surface area contributed by atoms with Crippen LogP contribution >= 0.6 is 22.6 Å². The molecule has 6 heteroatoms. The normalized spacial score (nSPS) is 10.2. The van der Waals surface area contributed by atoms with Crippen molar-refractivity contribution in [2.75, 3.05) is 5.73 Å². The van der Waals surface area contributed by atoms with Crippen LogP contribution in [0, 0.1) is 9.39 Å². The van der Waals surface area contributed by atoms with Crippen LogP contribution in [0.5, 0.6) is 11.5 Å². The number of hydrogen-bond donors (Lipinski definition) is 2. The van der Waals surface area contributed by atoms with Crippen LogP contribution in [0.2, 0.25) is 0 Å². The van der Waals surface area contributed by atoms with Gasteiger partial charge in [0.05, 0.1) is 9.26 Å². The second-order valence-electron chi connectivity index (χ2n) is 3.79. The first-order valence-electron chi connectivity index (χ1n) is 5.29. The SMILES string of the molecule is NC(=O)c1ccc(Oc2cc(F)c(I)cc2N)cc1. The van der Waals surface area contributed by atoms with Crippen molar-refractivity contribution in [2.24, 2.45) is 5.73 Å². The molecule has 19 heavy (non-hydrogen) atoms. The van der Waals surface area contributed by atoms with Gasteiger partial charge in [0.1, 0.15) is 11.6 Å². The van der Waals surface area contributed by atoms with E-state index in [2.05, 4.69) is 0 Å². The Labute approximate surface area is 122 Å². The summed E-state index contributed by atoms with van der Waals surface area (Å²) >= 11 is 1.85. The fraction of sp³-hybridized carbons (Fsp3) is 0. The predicted molar refractivity (Wildman–Crippen MR) is 78.6 cm³/mol. The molecule has 0 fully saturated rings. The number of carbonyl (C=O) groups excluding carboxylic acids is 1. The summed E-state index contributed by atoms with van der Waals surface area (Å²) in [5.41, 5.74) is 11.6. The molecule has 2 aromatic rings. The van der Waals surface area contributed by atoms with Crippen molar-refractivity contribution in [2.45, 2.75) is 0 Å². The van der Waals surface area contributed by atoms with Gasteiger partial charge in [0.2, 0.25) is 5.91 Å². The number of nitrogen functional groups attached to an aromatic ring is 1. The number of anilines is 1. The first kappa shape index (κ1) is 13.6. The van der Waals surface area contributed by atoms with Gasteiger partial charge in [-0.2, -0.15) is 0 Å². The zero-order valence-corrected chi connectivity index (χ0v) is 11.8. The maximum atomic E-state index is 13.4. The van der Waals surface area contributed by atoms with Crippen LogP contribution in [0.4, 0.5) is 10.1 Å². The van der Waals surface area contributed by atoms with Crippen molar-refractivity contribution in [3.63, 3.8) is 0 Å². The monoisotopic (exact) mass is 372 g/mol. The van der Waals surface area contributed by atoms with Gasteiger partial charge < -0.3 is 16.2 Å². The van der Waals surface area contributed by atoms with Crippen molar-refractivity contribution >= 4 is 34.2 Å². The van der Waals surface area contributed by atoms with Gasteiger partial charge in [-0.15, -0.1) is 0 Å². The minimum atomic E-state index is -0.522. The molecule has 0 aromatic heterocycles. The molecule has 0 unspecified atom stereocenters. The number of benzene rings is 2. The minimum absolute atomic E-state index is 0.227. The molecule has 0 saturated heterocycles. The van der Waals surface area contributed by atoms with Gasteiger partial charge in [0.25, 0.3) is 0 Å². The van der Waals surface area contributed by atoms with Crippen molar-refractivity contribution in [1.82, 2.24) is 0 Å². The minimum Gasteiger partial charge on any atom is -0.455 e. The molecule has 98 valence electrons. The summed E-state index contributed by atoms with van der Waals surface area (Å²) < 4.78 is 19.3. The first-order valence-corrected chi connectivity index (χ1v) is 6.37. The highest BCUT2D eigenvalue weighted by molar-refractivity contribution is 14.1. The molecule has 0 saturated carbocycles. The van der Waals surface area contributed by atoms with E-state index in [1.54, 1.807) is 12.1 Å². The van der Waals surface area contributed by atoms with E-state index in [0.717, 1.165) is 0 Å². The predicted octanol–water partition coefficient (Wildman–Crippen LogP) is 2.90. The Morgan fingerprint density at radius 1 is 1.21 bits per heavy atom. The number of carbonyl (C=O) groups is 1. The lowest BCUT2D eigenvalue weighted by molar-refractivity contribution is 0.100. The molecule has 0 radical (unpaired) electrons. The second kappa shape index (κ2) is 5.43. The Balaban J connectivity index is 2.26. The molecule has 0 atom stereocenters. The van der Waals surface area contributed by atoms with Crippen LogP contribution in [-0.4, -0.2) is 5.91 Å². The lowest BCUT2D eigenvalue weighted by Gasteiger charge is -2.09. The zero-order chi connectivity index (χ0) is 14.0. The molecular formula is C13H10FIN2O2. The first-order chi connectivity index (χ1) is 8.97. The van der Waals surface area contributed by atoms with Gasteiger partial charge in [-0.25, -0.2) is 4.39 Å². The lowest BCUT2D eigenvalue weighted by atomic mass is 10.2. The average molecular weight is 372 g/mol. The van der Waals surface area contributed by atoms with Crippen LogP contribution in [0.3, 0.4) is 0 Å². The van der Waals surface area contributed by atoms with Gasteiger partial charge in [0, 0.05) is 11.6 Å². The van der Waals surface area contributed by atoms with Crippen LogP contribution < -0.4 is 16.2 Å². The van der Waals surface area contributed by atoms with Crippen LogP contribution in [-0.2, 0) is 0 Å². The van der Waals surface area contributed by atoms with Crippen molar-refractivity contribution < 1.29 is 13.9 Å². The van der Waals surface area contributed by atoms with Gasteiger partial charge in [-0.3, -0.25) is 4.79 Å². The number of hydrogen-bond acceptors (Lipinski definition) is 3. The maximum absolute atomic E-state index is 13.4. The third-order valence-electron chi connectivity index (χ3n) is 2.42. The van der Waals surface area contributed by atoms with E-state index in [0.29, 0.717) is 20.6 Å². The molecule has 2 rings (SSSR count). The van der Waals surface area contributed by atoms with E-state index in [9.17, 15) is 9.18 Å². The Bertz CT molecular complexity index is 629. The Morgan fingerprint density at radius 2 is 1.84 bits per heavy atom. The molecule has 4 N–H and O–H groups in total. The number of nitrogens with two attached hydrogens (primary N) is 2. The van der Waals surface area contributed by atoms with E-state index in [-0.39, 0.29) is 5.75 Å². The summed E-state index contributed by atoms with van der Waals surface area (Å²) in [6.07, 6.45) is 0. The molecular weight excluding hydrogens is 362 g/mol. The Hall–Kier alpha value is -1.83. The van der Waals surface area contributed by atoms with Crippen LogP contribution in [0.15, 0.2) is 36.4 Å². The van der Waals surface area contributed by atoms with E-state index in [1.165, 1.54) is 24.3 Å². The average Bonchev–Trinajstić information content (AvgIpc) is 2.36. The fourth-order valence-corrected chi connectivity index (χ4v) is 1.94. The molecule has 0 bridgehead atoms. The lowest BCUT2D eigenvalue weighted by Crippen LogP contribution is -2.10. The van der Waals surface area contributed by atoms with Crippen molar-refractivity contribution in [3.05, 3.63) is 51.3 Å². The number of rotatable bonds is 3. The van der Waals surface area contributed by atoms with Crippen molar-refractivity contribution in [1.29, 1.82) is 0 Å². The largest absolute Gasteiger partial charge is 0.455 e. The molecule has 0 aliphatic carbocycles. The van der Waals surface area contributed by atoms with Gasteiger partial charge >= 0.3 is 0 Å². The highest BCUT2D eigenvalue weighted by Gasteiger charge is 2.08. The van der Waals surface area contributed by atoms with Gasteiger partial charge in [0.15, 0.2) is 5.75 Å². The topological polar surface area (TPSA) is 78.3 Å². The third-order valence-corrected chi connectivity index (χ3v) is 3.25. The summed E-state index contributed by atoms with van der Waals surface area (Å²) in [5, 5.41) is 0. The number of ether oxygens (including phenoxy) is 1. The van der Waals surface area contributed by atoms with E-state index >= 15 is 0 Å². The van der Waals surface area contributed by atoms with Gasteiger partial charge in [-0.05, 0) is 52.9 Å². The van der Waals surface area contributed by atoms with E-state index < -0.39 is 11.7 Å². The molecule has 0 heterocycles. The molecule has 0 aliphatic heterocycles. The highest BCUT2D eigenvalue weighted by Crippen LogP contribution is 2.30. The number of primary amides is 1. The molecule has 2 aromatic carbocycles. The summed E-state index contributed by atoms with van der Waals surface area (Å²) in [6.45, 7) is 0. The highest BCUT2D eigenvalue weighted by atomic mass is 127. The molecule has 1 amide bonds. The zero-order valence-electron chi connectivity index (χ0n) is 9.69. The van der Waals surface area contributed by atoms with Crippen LogP contribution in [0.1, 0.15) is 10.4 Å². The second-order valence-corrected chi connectivity index (χ2v) is 4.96. The standard InChI is InChI=1S/C13H10FIN2O2/c14-9-5-12(11(16)6-10(9)15)19-8-3-1-7(2-4-8)13(17)18/h1-6H,16H2,(H2,17,18). The van der Waals surface area contributed by atoms with Crippen molar-refractivity contribution in [3.8, 4) is 11.5 Å². The summed E-state index contributed by atoms with van der Waals surface area (Å²) in [7, 11) is 0. The van der Waals surface area contributed by atoms with E-state index in [1.807, 2.05) is 22.6 Å². The third kappa shape index (κ3) is 3.14. The van der Waals surface area contributed by atoms with Crippen LogP contribution in [0.25, 0.3) is 0 Å². The van der Waals surface area contributed by atoms with E-state index in [4.69, 9.17) is 16.2 Å². The quantitative estimate of drug-likeness (QED) is 0.643. The Kier molecular flexibility index (Phi) is 3.89. The number of amides is 1. The smallest absolute Gasteiger partial charge is 0.248 e.